The maximum atomic E-state index is 13.0. The summed E-state index contributed by atoms with van der Waals surface area (Å²) < 4.78 is 6.60. The fourth-order valence-corrected chi connectivity index (χ4v) is 12.8. The predicted molar refractivity (Wildman–Crippen MR) is 172 cm³/mol. The molecular weight excluding hydrogens is 524 g/mol. The van der Waals surface area contributed by atoms with E-state index in [1.54, 1.807) is 0 Å². The van der Waals surface area contributed by atoms with Gasteiger partial charge in [-0.15, -0.1) is 0 Å². The van der Waals surface area contributed by atoms with Crippen LogP contribution in [0.15, 0.2) is 0 Å². The molecule has 0 spiro atoms. The Morgan fingerprint density at radius 3 is 2.05 bits per heavy atom. The molecule has 0 heterocycles. The van der Waals surface area contributed by atoms with Crippen LogP contribution in [0.1, 0.15) is 133 Å². The first kappa shape index (κ1) is 33.7. The van der Waals surface area contributed by atoms with Crippen LogP contribution in [0, 0.1) is 52.3 Å². The van der Waals surface area contributed by atoms with Crippen molar-refractivity contribution < 1.29 is 19.4 Å². The first-order valence-corrected chi connectivity index (χ1v) is 20.4. The maximum absolute atomic E-state index is 13.0. The Hall–Kier alpha value is -0.233. The summed E-state index contributed by atoms with van der Waals surface area (Å²) in [5, 5.41) is 25.7. The minimum absolute atomic E-state index is 0.130. The van der Waals surface area contributed by atoms with Gasteiger partial charge < -0.3 is 14.6 Å². The molecular formula is C36H66O4Si. The third-order valence-electron chi connectivity index (χ3n) is 14.8. The molecule has 4 aliphatic rings. The molecule has 0 saturated heterocycles. The Kier molecular flexibility index (Phi) is 9.27. The lowest BCUT2D eigenvalue weighted by atomic mass is 9.37. The zero-order chi connectivity index (χ0) is 30.8. The fraction of sp³-hybridized carbons (Fsp3) is 0.972. The van der Waals surface area contributed by atoms with Crippen molar-refractivity contribution in [1.29, 1.82) is 0 Å². The quantitative estimate of drug-likeness (QED) is 0.208. The lowest BCUT2D eigenvalue weighted by Crippen LogP contribution is -2.69. The number of hydrogen-bond acceptors (Lipinski definition) is 4. The number of fused-ring (bicyclic) bond motifs is 5. The van der Waals surface area contributed by atoms with Gasteiger partial charge >= 0.3 is 0 Å². The normalized spacial score (nSPS) is 46.7. The summed E-state index contributed by atoms with van der Waals surface area (Å²) in [6, 6.07) is 0. The molecule has 5 heteroatoms. The summed E-state index contributed by atoms with van der Waals surface area (Å²) in [4.78, 5) is 12.8. The summed E-state index contributed by atoms with van der Waals surface area (Å²) >= 11 is 0. The van der Waals surface area contributed by atoms with Crippen LogP contribution < -0.4 is 0 Å². The van der Waals surface area contributed by atoms with Gasteiger partial charge in [-0.3, -0.25) is 4.79 Å². The van der Waals surface area contributed by atoms with Crippen LogP contribution in [0.4, 0.5) is 0 Å². The number of Topliss-reactive ketones (excluding diaryl/α,β-unsaturated/α-hetero) is 1. The average molecular weight is 591 g/mol. The van der Waals surface area contributed by atoms with E-state index < -0.39 is 19.5 Å². The number of carbonyl (C=O) groups is 1. The van der Waals surface area contributed by atoms with E-state index >= 15 is 0 Å². The molecule has 4 fully saturated rings. The van der Waals surface area contributed by atoms with Crippen LogP contribution >= 0.6 is 0 Å². The molecule has 11 atom stereocenters. The van der Waals surface area contributed by atoms with Crippen LogP contribution in [0.3, 0.4) is 0 Å². The van der Waals surface area contributed by atoms with Gasteiger partial charge in [0.15, 0.2) is 8.32 Å². The van der Waals surface area contributed by atoms with Crippen LogP contribution in [-0.2, 0) is 9.22 Å². The topological polar surface area (TPSA) is 66.8 Å². The number of hydrogen-bond donors (Lipinski definition) is 2. The number of rotatable bonds is 9. The van der Waals surface area contributed by atoms with Gasteiger partial charge in [-0.25, -0.2) is 0 Å². The van der Waals surface area contributed by atoms with Gasteiger partial charge in [0, 0.05) is 24.9 Å². The molecule has 0 aromatic heterocycles. The minimum Gasteiger partial charge on any atom is -0.417 e. The maximum Gasteiger partial charge on any atom is 0.191 e. The smallest absolute Gasteiger partial charge is 0.191 e. The van der Waals surface area contributed by atoms with Crippen molar-refractivity contribution in [3.05, 3.63) is 0 Å². The molecule has 6 unspecified atom stereocenters. The summed E-state index contributed by atoms with van der Waals surface area (Å²) in [7, 11) is -1.82. The summed E-state index contributed by atoms with van der Waals surface area (Å²) in [5.74, 6) is 2.97. The van der Waals surface area contributed by atoms with Crippen molar-refractivity contribution in [1.82, 2.24) is 0 Å². The SMILES string of the molecule is CCC1C(CC)C2(O)CC(=O)CC[C@]2(C)[C@@H]2CC[C@@]3(C)[C@@H](C(CC)C(CC)C3(O)CCCO[Si](C)(C)C(C)(C)C)[C@H]12. The summed E-state index contributed by atoms with van der Waals surface area (Å²) in [6.45, 7) is 26.4. The highest BCUT2D eigenvalue weighted by atomic mass is 28.4. The highest BCUT2D eigenvalue weighted by Crippen LogP contribution is 2.75. The van der Waals surface area contributed by atoms with E-state index in [2.05, 4.69) is 75.4 Å². The van der Waals surface area contributed by atoms with Gasteiger partial charge in [0.25, 0.3) is 0 Å². The molecule has 238 valence electrons. The van der Waals surface area contributed by atoms with E-state index in [1.165, 1.54) is 0 Å². The monoisotopic (exact) mass is 590 g/mol. The van der Waals surface area contributed by atoms with Gasteiger partial charge in [-0.2, -0.15) is 0 Å². The third-order valence-corrected chi connectivity index (χ3v) is 19.3. The number of carbonyl (C=O) groups excluding carboxylic acids is 1. The minimum atomic E-state index is -1.82. The molecule has 0 aromatic carbocycles. The second-order valence-corrected chi connectivity index (χ2v) is 21.8. The number of ketones is 1. The van der Waals surface area contributed by atoms with Crippen molar-refractivity contribution in [2.45, 2.75) is 162 Å². The third kappa shape index (κ3) is 4.79. The van der Waals surface area contributed by atoms with Crippen LogP contribution in [0.5, 0.6) is 0 Å². The van der Waals surface area contributed by atoms with Gasteiger partial charge in [-0.1, -0.05) is 88.0 Å². The van der Waals surface area contributed by atoms with E-state index in [-0.39, 0.29) is 27.6 Å². The molecule has 0 amide bonds. The van der Waals surface area contributed by atoms with Crippen LogP contribution in [-0.4, -0.2) is 42.1 Å². The van der Waals surface area contributed by atoms with E-state index in [9.17, 15) is 15.0 Å². The van der Waals surface area contributed by atoms with E-state index in [1.807, 2.05) is 0 Å². The van der Waals surface area contributed by atoms with E-state index in [0.29, 0.717) is 48.3 Å². The van der Waals surface area contributed by atoms with Crippen molar-refractivity contribution in [2.75, 3.05) is 6.61 Å². The molecule has 0 radical (unpaired) electrons. The molecule has 0 aliphatic heterocycles. The van der Waals surface area contributed by atoms with Gasteiger partial charge in [0.2, 0.25) is 0 Å². The zero-order valence-corrected chi connectivity index (χ0v) is 29.7. The van der Waals surface area contributed by atoms with Gasteiger partial charge in [0.1, 0.15) is 5.78 Å². The second kappa shape index (κ2) is 11.3. The summed E-state index contributed by atoms with van der Waals surface area (Å²) in [5.41, 5.74) is -1.94. The largest absolute Gasteiger partial charge is 0.417 e. The first-order valence-electron chi connectivity index (χ1n) is 17.5. The zero-order valence-electron chi connectivity index (χ0n) is 28.7. The molecule has 2 N–H and O–H groups in total. The highest BCUT2D eigenvalue weighted by Gasteiger charge is 2.74. The van der Waals surface area contributed by atoms with Gasteiger partial charge in [-0.05, 0) is 97.1 Å². The fourth-order valence-electron chi connectivity index (χ4n) is 11.7. The second-order valence-electron chi connectivity index (χ2n) is 17.0. The van der Waals surface area contributed by atoms with E-state index in [0.717, 1.165) is 64.4 Å². The van der Waals surface area contributed by atoms with Crippen LogP contribution in [0.25, 0.3) is 0 Å². The predicted octanol–water partition coefficient (Wildman–Crippen LogP) is 8.79. The summed E-state index contributed by atoms with van der Waals surface area (Å²) in [6.07, 6.45) is 9.71. The molecule has 0 bridgehead atoms. The van der Waals surface area contributed by atoms with Crippen molar-refractivity contribution in [3.63, 3.8) is 0 Å². The van der Waals surface area contributed by atoms with Crippen LogP contribution in [0.2, 0.25) is 18.1 Å². The Morgan fingerprint density at radius 1 is 0.902 bits per heavy atom. The van der Waals surface area contributed by atoms with E-state index in [4.69, 9.17) is 4.43 Å². The lowest BCUT2D eigenvalue weighted by Gasteiger charge is -2.69. The lowest BCUT2D eigenvalue weighted by molar-refractivity contribution is -0.261. The van der Waals surface area contributed by atoms with Crippen molar-refractivity contribution in [2.24, 2.45) is 52.3 Å². The number of aliphatic hydroxyl groups is 2. The molecule has 4 aliphatic carbocycles. The average Bonchev–Trinajstić information content (AvgIpc) is 3.08. The molecule has 4 rings (SSSR count). The molecule has 4 saturated carbocycles. The molecule has 0 aromatic rings. The van der Waals surface area contributed by atoms with Crippen molar-refractivity contribution in [3.8, 4) is 0 Å². The standard InChI is InChI=1S/C36H66O4Si/c1-12-25-27(14-3)36(39)23-24(37)17-20-33(36,8)29-18-21-34(9)31(30(25)29)26(13-2)28(15-4)35(34,38)19-16-22-40-41(10,11)32(5,6)7/h25-31,38-39H,12-23H2,1-11H3/t25?,26?,27?,28?,29-,30-,31+,33-,34+,35?,36?/m1/s1. The Morgan fingerprint density at radius 2 is 1.51 bits per heavy atom. The Labute approximate surface area is 254 Å². The highest BCUT2D eigenvalue weighted by molar-refractivity contribution is 6.74. The Balaban J connectivity index is 1.72. The molecule has 41 heavy (non-hydrogen) atoms. The molecule has 4 nitrogen and oxygen atoms in total. The van der Waals surface area contributed by atoms with Gasteiger partial charge in [0.05, 0.1) is 11.2 Å². The Bertz CT molecular complexity index is 958. The first-order chi connectivity index (χ1) is 18.9. The van der Waals surface area contributed by atoms with Crippen molar-refractivity contribution >= 4 is 14.1 Å².